The zero-order valence-corrected chi connectivity index (χ0v) is 17.5. The Bertz CT molecular complexity index is 911. The summed E-state index contributed by atoms with van der Waals surface area (Å²) in [5, 5.41) is 7.91. The molecule has 2 aromatic rings. The van der Waals surface area contributed by atoms with Gasteiger partial charge < -0.3 is 18.6 Å². The van der Waals surface area contributed by atoms with Gasteiger partial charge in [0.25, 0.3) is 0 Å². The van der Waals surface area contributed by atoms with Crippen LogP contribution in [0.4, 0.5) is 4.39 Å². The first-order valence-electron chi connectivity index (χ1n) is 9.42. The SMILES string of the molecule is CC1(C)OB(c2cc(F)c(B3OC(C)(C)C(C)(C)O3)c3nonc23)OC1(C)C. The largest absolute Gasteiger partial charge is 0.500 e. The summed E-state index contributed by atoms with van der Waals surface area (Å²) in [7, 11) is -1.71. The summed E-state index contributed by atoms with van der Waals surface area (Å²) < 4.78 is 44.3. The number of nitrogens with zero attached hydrogens (tertiary/aromatic N) is 2. The molecule has 0 aliphatic carbocycles. The monoisotopic (exact) mass is 390 g/mol. The topological polar surface area (TPSA) is 75.8 Å². The van der Waals surface area contributed by atoms with E-state index in [2.05, 4.69) is 10.3 Å². The minimum absolute atomic E-state index is 0.162. The van der Waals surface area contributed by atoms with Gasteiger partial charge in [0.05, 0.1) is 22.4 Å². The summed E-state index contributed by atoms with van der Waals surface area (Å²) >= 11 is 0. The van der Waals surface area contributed by atoms with Gasteiger partial charge >= 0.3 is 14.2 Å². The van der Waals surface area contributed by atoms with Crippen molar-refractivity contribution in [2.24, 2.45) is 0 Å². The number of halogens is 1. The lowest BCUT2D eigenvalue weighted by Gasteiger charge is -2.32. The molecule has 0 atom stereocenters. The van der Waals surface area contributed by atoms with Crippen LogP contribution in [-0.4, -0.2) is 47.0 Å². The molecule has 28 heavy (non-hydrogen) atoms. The van der Waals surface area contributed by atoms with E-state index in [4.69, 9.17) is 23.2 Å². The van der Waals surface area contributed by atoms with Crippen LogP contribution in [0.1, 0.15) is 55.4 Å². The first-order chi connectivity index (χ1) is 12.8. The lowest BCUT2D eigenvalue weighted by atomic mass is 9.72. The predicted octanol–water partition coefficient (Wildman–Crippen LogP) is 1.96. The number of hydrogen-bond donors (Lipinski definition) is 0. The van der Waals surface area contributed by atoms with Crippen molar-refractivity contribution in [1.29, 1.82) is 0 Å². The predicted molar refractivity (Wildman–Crippen MR) is 103 cm³/mol. The van der Waals surface area contributed by atoms with E-state index in [-0.39, 0.29) is 11.0 Å². The highest BCUT2D eigenvalue weighted by molar-refractivity contribution is 6.68. The van der Waals surface area contributed by atoms with E-state index in [0.29, 0.717) is 11.0 Å². The molecule has 1 aromatic heterocycles. The molecule has 0 bridgehead atoms. The Morgan fingerprint density at radius 1 is 0.714 bits per heavy atom. The Hall–Kier alpha value is -1.48. The molecule has 2 fully saturated rings. The highest BCUT2D eigenvalue weighted by atomic mass is 19.1. The number of hydrogen-bond acceptors (Lipinski definition) is 7. The molecule has 3 heterocycles. The van der Waals surface area contributed by atoms with Crippen molar-refractivity contribution in [3.8, 4) is 0 Å². The van der Waals surface area contributed by atoms with Crippen LogP contribution in [0.5, 0.6) is 0 Å². The standard InChI is InChI=1S/C18H25B2FN2O5/c1-15(2)16(3,4)25-19(24-15)10-9-11(21)12(14-13(10)22-28-23-14)20-26-17(5,6)18(7,8)27-20/h9H,1-8H3. The number of fused-ring (bicyclic) bond motifs is 1. The first-order valence-corrected chi connectivity index (χ1v) is 9.42. The maximum atomic E-state index is 15.3. The van der Waals surface area contributed by atoms with Crippen molar-refractivity contribution in [1.82, 2.24) is 10.3 Å². The van der Waals surface area contributed by atoms with E-state index < -0.39 is 42.5 Å². The van der Waals surface area contributed by atoms with Gasteiger partial charge in [-0.25, -0.2) is 9.02 Å². The number of aromatic nitrogens is 2. The molecule has 2 saturated heterocycles. The molecule has 0 N–H and O–H groups in total. The molecule has 2 aliphatic heterocycles. The van der Waals surface area contributed by atoms with Gasteiger partial charge in [-0.05, 0) is 61.5 Å². The molecule has 4 rings (SSSR count). The van der Waals surface area contributed by atoms with Crippen LogP contribution in [0.15, 0.2) is 10.7 Å². The van der Waals surface area contributed by atoms with Crippen molar-refractivity contribution in [3.05, 3.63) is 11.9 Å². The van der Waals surface area contributed by atoms with Crippen LogP contribution in [-0.2, 0) is 18.6 Å². The van der Waals surface area contributed by atoms with Gasteiger partial charge in [0.1, 0.15) is 16.9 Å². The van der Waals surface area contributed by atoms with Crippen molar-refractivity contribution < 1.29 is 27.6 Å². The third kappa shape index (κ3) is 2.73. The molecular formula is C18H25B2FN2O5. The maximum Gasteiger partial charge on any atom is 0.500 e. The van der Waals surface area contributed by atoms with E-state index in [1.54, 1.807) is 0 Å². The molecule has 2 aliphatic rings. The zero-order chi connectivity index (χ0) is 20.7. The lowest BCUT2D eigenvalue weighted by molar-refractivity contribution is 0.00578. The quantitative estimate of drug-likeness (QED) is 0.726. The molecule has 0 spiro atoms. The molecule has 7 nitrogen and oxygen atoms in total. The van der Waals surface area contributed by atoms with Gasteiger partial charge in [-0.15, -0.1) is 0 Å². The van der Waals surface area contributed by atoms with Gasteiger partial charge in [-0.2, -0.15) is 0 Å². The zero-order valence-electron chi connectivity index (χ0n) is 17.5. The summed E-state index contributed by atoms with van der Waals surface area (Å²) in [6.07, 6.45) is 0. The fraction of sp³-hybridized carbons (Fsp3) is 0.667. The van der Waals surface area contributed by atoms with Crippen molar-refractivity contribution in [3.63, 3.8) is 0 Å². The maximum absolute atomic E-state index is 15.3. The lowest BCUT2D eigenvalue weighted by Crippen LogP contribution is -2.42. The highest BCUT2D eigenvalue weighted by Crippen LogP contribution is 2.38. The average Bonchev–Trinajstić information content (AvgIpc) is 3.13. The second-order valence-corrected chi connectivity index (χ2v) is 9.50. The Kier molecular flexibility index (Phi) is 4.09. The summed E-state index contributed by atoms with van der Waals surface area (Å²) in [6, 6.07) is 1.34. The smallest absolute Gasteiger partial charge is 0.399 e. The summed E-state index contributed by atoms with van der Waals surface area (Å²) in [5.41, 5.74) is -1.17. The second-order valence-electron chi connectivity index (χ2n) is 9.50. The molecule has 10 heteroatoms. The number of rotatable bonds is 2. The molecule has 0 unspecified atom stereocenters. The van der Waals surface area contributed by atoms with Gasteiger partial charge in [-0.3, -0.25) is 0 Å². The van der Waals surface area contributed by atoms with E-state index in [9.17, 15) is 0 Å². The molecule has 0 saturated carbocycles. The van der Waals surface area contributed by atoms with Crippen LogP contribution in [0.2, 0.25) is 0 Å². The van der Waals surface area contributed by atoms with Gasteiger partial charge in [0.15, 0.2) is 0 Å². The van der Waals surface area contributed by atoms with Crippen molar-refractivity contribution in [2.75, 3.05) is 0 Å². The van der Waals surface area contributed by atoms with Crippen LogP contribution in [0, 0.1) is 5.82 Å². The Balaban J connectivity index is 1.79. The third-order valence-corrected chi connectivity index (χ3v) is 6.55. The van der Waals surface area contributed by atoms with Crippen LogP contribution >= 0.6 is 0 Å². The third-order valence-electron chi connectivity index (χ3n) is 6.55. The van der Waals surface area contributed by atoms with Gasteiger partial charge in [-0.1, -0.05) is 10.3 Å². The molecule has 0 radical (unpaired) electrons. The normalized spacial score (nSPS) is 25.0. The molecular weight excluding hydrogens is 365 g/mol. The number of benzene rings is 1. The average molecular weight is 390 g/mol. The van der Waals surface area contributed by atoms with E-state index in [1.807, 2.05) is 55.4 Å². The van der Waals surface area contributed by atoms with E-state index in [1.165, 1.54) is 6.07 Å². The Morgan fingerprint density at radius 3 is 1.64 bits per heavy atom. The highest BCUT2D eigenvalue weighted by Gasteiger charge is 2.55. The summed E-state index contributed by atoms with van der Waals surface area (Å²) in [4.78, 5) is 0. The molecule has 1 aromatic carbocycles. The molecule has 0 amide bonds. The van der Waals surface area contributed by atoms with Gasteiger partial charge in [0, 0.05) is 10.9 Å². The van der Waals surface area contributed by atoms with E-state index >= 15 is 4.39 Å². The second kappa shape index (κ2) is 5.78. The van der Waals surface area contributed by atoms with Crippen LogP contribution in [0.25, 0.3) is 11.0 Å². The minimum atomic E-state index is -0.924. The summed E-state index contributed by atoms with van der Waals surface area (Å²) in [5.74, 6) is -0.536. The van der Waals surface area contributed by atoms with Crippen molar-refractivity contribution >= 4 is 36.2 Å². The van der Waals surface area contributed by atoms with E-state index in [0.717, 1.165) is 0 Å². The molecule has 150 valence electrons. The Morgan fingerprint density at radius 2 is 1.14 bits per heavy atom. The van der Waals surface area contributed by atoms with Crippen LogP contribution < -0.4 is 10.9 Å². The fourth-order valence-electron chi connectivity index (χ4n) is 3.29. The Labute approximate surface area is 164 Å². The van der Waals surface area contributed by atoms with Crippen LogP contribution in [0.3, 0.4) is 0 Å². The summed E-state index contributed by atoms with van der Waals surface area (Å²) in [6.45, 7) is 15.3. The minimum Gasteiger partial charge on any atom is -0.399 e. The van der Waals surface area contributed by atoms with Gasteiger partial charge in [0.2, 0.25) is 0 Å². The first kappa shape index (κ1) is 19.8. The van der Waals surface area contributed by atoms with Crippen molar-refractivity contribution in [2.45, 2.75) is 77.8 Å². The fourth-order valence-corrected chi connectivity index (χ4v) is 3.29.